The van der Waals surface area contributed by atoms with Crippen LogP contribution in [0.2, 0.25) is 20.1 Å². The molecule has 1 heterocycles. The molecule has 2 aromatic carbocycles. The van der Waals surface area contributed by atoms with Crippen molar-refractivity contribution in [3.8, 4) is 6.07 Å². The first kappa shape index (κ1) is 18.8. The molecule has 1 aliphatic heterocycles. The average Bonchev–Trinajstić information content (AvgIpc) is 2.86. The highest BCUT2D eigenvalue weighted by atomic mass is 35.5. The number of ketones is 1. The average molecular weight is 426 g/mol. The smallest absolute Gasteiger partial charge is 0.216 e. The predicted octanol–water partition coefficient (Wildman–Crippen LogP) is 5.90. The van der Waals surface area contributed by atoms with E-state index in [1.165, 1.54) is 12.1 Å². The number of nitriles is 1. The first-order valence-corrected chi connectivity index (χ1v) is 8.71. The fourth-order valence-electron chi connectivity index (χ4n) is 2.65. The molecule has 0 spiro atoms. The number of carbonyl (C=O) groups is 1. The molecule has 1 saturated heterocycles. The van der Waals surface area contributed by atoms with E-state index in [2.05, 4.69) is 0 Å². The number of halogens is 4. The maximum absolute atomic E-state index is 12.9. The van der Waals surface area contributed by atoms with Crippen molar-refractivity contribution in [1.82, 2.24) is 0 Å². The minimum Gasteiger partial charge on any atom is -0.437 e. The number of benzene rings is 2. The molecular weight excluding hydrogens is 418 g/mol. The Kier molecular flexibility index (Phi) is 5.27. The lowest BCUT2D eigenvalue weighted by Gasteiger charge is -2.10. The minimum atomic E-state index is -1.14. The zero-order valence-electron chi connectivity index (χ0n) is 12.8. The van der Waals surface area contributed by atoms with E-state index >= 15 is 0 Å². The summed E-state index contributed by atoms with van der Waals surface area (Å²) in [4.78, 5) is 12.9. The molecule has 0 radical (unpaired) electrons. The summed E-state index contributed by atoms with van der Waals surface area (Å²) in [5, 5.41) is 18.5. The molecule has 1 atom stereocenters. The van der Waals surface area contributed by atoms with Crippen LogP contribution in [0, 0.1) is 16.7 Å². The fourth-order valence-corrected chi connectivity index (χ4v) is 3.85. The van der Waals surface area contributed by atoms with Crippen molar-refractivity contribution in [1.29, 1.82) is 10.7 Å². The SMILES string of the molecule is N#C/C(=C1\OC(=N)C(c2c(Cl)cccc2Cl)C1=O)c1c(Cl)cccc1Cl. The Balaban J connectivity index is 2.20. The summed E-state index contributed by atoms with van der Waals surface area (Å²) in [6, 6.07) is 11.3. The second-order valence-corrected chi connectivity index (χ2v) is 6.94. The molecule has 0 saturated carbocycles. The lowest BCUT2D eigenvalue weighted by atomic mass is 9.93. The summed E-state index contributed by atoms with van der Waals surface area (Å²) in [6.07, 6.45) is 0. The van der Waals surface area contributed by atoms with Crippen molar-refractivity contribution in [2.75, 3.05) is 0 Å². The van der Waals surface area contributed by atoms with Crippen LogP contribution in [0.5, 0.6) is 0 Å². The zero-order chi connectivity index (χ0) is 19.0. The highest BCUT2D eigenvalue weighted by molar-refractivity contribution is 6.40. The van der Waals surface area contributed by atoms with Crippen molar-refractivity contribution < 1.29 is 9.53 Å². The lowest BCUT2D eigenvalue weighted by Crippen LogP contribution is -2.13. The maximum atomic E-state index is 12.9. The molecular formula is C18H8Cl4N2O2. The Morgan fingerprint density at radius 3 is 2.00 bits per heavy atom. The van der Waals surface area contributed by atoms with Crippen molar-refractivity contribution >= 4 is 63.7 Å². The van der Waals surface area contributed by atoms with Crippen molar-refractivity contribution in [3.05, 3.63) is 73.4 Å². The predicted molar refractivity (Wildman–Crippen MR) is 102 cm³/mol. The van der Waals surface area contributed by atoms with Gasteiger partial charge in [-0.3, -0.25) is 10.2 Å². The zero-order valence-corrected chi connectivity index (χ0v) is 15.8. The number of allylic oxidation sites excluding steroid dienone is 2. The number of Topliss-reactive ketones (excluding diaryl/α,β-unsaturated/α-hetero) is 1. The van der Waals surface area contributed by atoms with E-state index < -0.39 is 11.7 Å². The van der Waals surface area contributed by atoms with Crippen LogP contribution in [0.4, 0.5) is 0 Å². The van der Waals surface area contributed by atoms with Crippen LogP contribution in [0.15, 0.2) is 42.2 Å². The van der Waals surface area contributed by atoms with Crippen LogP contribution in [-0.2, 0) is 9.53 Å². The second-order valence-electron chi connectivity index (χ2n) is 5.31. The van der Waals surface area contributed by atoms with Crippen LogP contribution in [0.25, 0.3) is 5.57 Å². The van der Waals surface area contributed by atoms with Gasteiger partial charge in [-0.15, -0.1) is 0 Å². The highest BCUT2D eigenvalue weighted by Crippen LogP contribution is 2.42. The Morgan fingerprint density at radius 1 is 1.00 bits per heavy atom. The van der Waals surface area contributed by atoms with E-state index in [-0.39, 0.29) is 48.4 Å². The maximum Gasteiger partial charge on any atom is 0.216 e. The van der Waals surface area contributed by atoms with Crippen molar-refractivity contribution in [3.63, 3.8) is 0 Å². The van der Waals surface area contributed by atoms with Gasteiger partial charge in [0.15, 0.2) is 5.76 Å². The van der Waals surface area contributed by atoms with Crippen LogP contribution in [-0.4, -0.2) is 11.7 Å². The molecule has 2 aromatic rings. The molecule has 0 bridgehead atoms. The molecule has 0 aliphatic carbocycles. The third-order valence-corrected chi connectivity index (χ3v) is 5.09. The van der Waals surface area contributed by atoms with Gasteiger partial charge in [-0.2, -0.15) is 5.26 Å². The fraction of sp³-hybridized carbons (Fsp3) is 0.0556. The molecule has 1 fully saturated rings. The monoisotopic (exact) mass is 424 g/mol. The number of rotatable bonds is 2. The number of nitrogens with zero attached hydrogens (tertiary/aromatic N) is 1. The van der Waals surface area contributed by atoms with Gasteiger partial charge < -0.3 is 4.74 Å². The molecule has 1 N–H and O–H groups in total. The Bertz CT molecular complexity index is 984. The standard InChI is InChI=1S/C18H8Cl4N2O2/c19-9-3-1-4-10(20)13(9)8(7-23)17-16(25)15(18(24)26-17)14-11(21)5-2-6-12(14)22/h1-6,15,24H/b17-8+,24-18?. The summed E-state index contributed by atoms with van der Waals surface area (Å²) in [7, 11) is 0. The van der Waals surface area contributed by atoms with Crippen LogP contribution in [0.1, 0.15) is 17.0 Å². The minimum absolute atomic E-state index is 0.152. The molecule has 26 heavy (non-hydrogen) atoms. The molecule has 1 aliphatic rings. The number of carbonyl (C=O) groups excluding carboxylic acids is 1. The summed E-state index contributed by atoms with van der Waals surface area (Å²) >= 11 is 24.6. The molecule has 0 aromatic heterocycles. The topological polar surface area (TPSA) is 73.9 Å². The first-order valence-electron chi connectivity index (χ1n) is 7.20. The normalized spacial score (nSPS) is 18.5. The van der Waals surface area contributed by atoms with Gasteiger partial charge in [0.1, 0.15) is 17.6 Å². The lowest BCUT2D eigenvalue weighted by molar-refractivity contribution is -0.115. The van der Waals surface area contributed by atoms with Gasteiger partial charge in [0.05, 0.1) is 10.0 Å². The Hall–Kier alpha value is -2.03. The van der Waals surface area contributed by atoms with E-state index in [9.17, 15) is 10.1 Å². The van der Waals surface area contributed by atoms with Gasteiger partial charge in [0, 0.05) is 21.2 Å². The largest absolute Gasteiger partial charge is 0.437 e. The first-order chi connectivity index (χ1) is 12.4. The number of hydrogen-bond acceptors (Lipinski definition) is 4. The number of hydrogen-bond donors (Lipinski definition) is 1. The van der Waals surface area contributed by atoms with E-state index in [4.69, 9.17) is 56.5 Å². The van der Waals surface area contributed by atoms with E-state index in [0.29, 0.717) is 0 Å². The van der Waals surface area contributed by atoms with Gasteiger partial charge in [0.25, 0.3) is 0 Å². The highest BCUT2D eigenvalue weighted by Gasteiger charge is 2.43. The van der Waals surface area contributed by atoms with E-state index in [1.807, 2.05) is 6.07 Å². The van der Waals surface area contributed by atoms with Gasteiger partial charge in [-0.25, -0.2) is 0 Å². The van der Waals surface area contributed by atoms with E-state index in [0.717, 1.165) is 0 Å². The van der Waals surface area contributed by atoms with Crippen LogP contribution >= 0.6 is 46.4 Å². The van der Waals surface area contributed by atoms with Gasteiger partial charge >= 0.3 is 0 Å². The molecule has 0 amide bonds. The van der Waals surface area contributed by atoms with E-state index in [1.54, 1.807) is 24.3 Å². The van der Waals surface area contributed by atoms with Crippen LogP contribution < -0.4 is 0 Å². The summed E-state index contributed by atoms with van der Waals surface area (Å²) in [5.41, 5.74) is 0.268. The molecule has 8 heteroatoms. The van der Waals surface area contributed by atoms with Crippen molar-refractivity contribution in [2.24, 2.45) is 0 Å². The summed E-state index contributed by atoms with van der Waals surface area (Å²) < 4.78 is 5.32. The Labute approximate surface area is 169 Å². The molecule has 1 unspecified atom stereocenters. The molecule has 3 rings (SSSR count). The summed E-state index contributed by atoms with van der Waals surface area (Å²) in [5.74, 6) is -2.45. The number of nitrogens with one attached hydrogen (secondary N) is 1. The van der Waals surface area contributed by atoms with Gasteiger partial charge in [-0.1, -0.05) is 58.5 Å². The summed E-state index contributed by atoms with van der Waals surface area (Å²) in [6.45, 7) is 0. The molecule has 130 valence electrons. The van der Waals surface area contributed by atoms with Gasteiger partial charge in [-0.05, 0) is 24.3 Å². The van der Waals surface area contributed by atoms with Crippen LogP contribution in [0.3, 0.4) is 0 Å². The quantitative estimate of drug-likeness (QED) is 0.481. The molecule has 4 nitrogen and oxygen atoms in total. The Morgan fingerprint density at radius 2 is 1.50 bits per heavy atom. The van der Waals surface area contributed by atoms with Gasteiger partial charge in [0.2, 0.25) is 11.7 Å². The number of ether oxygens (including phenoxy) is 1. The van der Waals surface area contributed by atoms with Crippen molar-refractivity contribution in [2.45, 2.75) is 5.92 Å². The second kappa shape index (κ2) is 7.30. The third-order valence-electron chi connectivity index (χ3n) is 3.80. The third kappa shape index (κ3) is 3.08.